The summed E-state index contributed by atoms with van der Waals surface area (Å²) in [5.41, 5.74) is 0.434. The van der Waals surface area contributed by atoms with Crippen molar-refractivity contribution in [3.05, 3.63) is 18.1 Å². The maximum Gasteiger partial charge on any atom is 0.172 e. The third kappa shape index (κ3) is 3.03. The van der Waals surface area contributed by atoms with Crippen LogP contribution in [0.25, 0.3) is 0 Å². The van der Waals surface area contributed by atoms with Gasteiger partial charge in [-0.25, -0.2) is 9.97 Å². The van der Waals surface area contributed by atoms with Crippen molar-refractivity contribution in [1.29, 1.82) is 5.26 Å². The van der Waals surface area contributed by atoms with Crippen LogP contribution in [0.4, 0.5) is 0 Å². The molecule has 0 aliphatic heterocycles. The zero-order valence-corrected chi connectivity index (χ0v) is 8.34. The van der Waals surface area contributed by atoms with Gasteiger partial charge in [0, 0.05) is 12.4 Å². The molecule has 0 amide bonds. The van der Waals surface area contributed by atoms with Gasteiger partial charge < -0.3 is 0 Å². The van der Waals surface area contributed by atoms with Gasteiger partial charge in [-0.15, -0.1) is 11.8 Å². The molecule has 0 spiro atoms. The Bertz CT molecular complexity index is 306. The number of nitriles is 1. The van der Waals surface area contributed by atoms with Crippen molar-refractivity contribution in [3.63, 3.8) is 0 Å². The third-order valence-corrected chi connectivity index (χ3v) is 2.57. The molecule has 68 valence electrons. The highest BCUT2D eigenvalue weighted by Crippen LogP contribution is 2.18. The average Bonchev–Trinajstić information content (AvgIpc) is 2.19. The molecule has 0 atom stereocenters. The van der Waals surface area contributed by atoms with E-state index in [1.165, 1.54) is 0 Å². The van der Waals surface area contributed by atoms with Gasteiger partial charge >= 0.3 is 0 Å². The smallest absolute Gasteiger partial charge is 0.172 e. The normalized spacial score (nSPS) is 9.54. The zero-order valence-electron chi connectivity index (χ0n) is 7.53. The minimum Gasteiger partial charge on any atom is -0.245 e. The molecule has 0 saturated heterocycles. The first kappa shape index (κ1) is 10.0. The molecule has 4 heteroatoms. The lowest BCUT2D eigenvalue weighted by Gasteiger charge is -1.99. The van der Waals surface area contributed by atoms with E-state index < -0.39 is 0 Å². The summed E-state index contributed by atoms with van der Waals surface area (Å²) in [6.45, 7) is 2.14. The van der Waals surface area contributed by atoms with E-state index in [2.05, 4.69) is 16.9 Å². The van der Waals surface area contributed by atoms with Gasteiger partial charge in [-0.3, -0.25) is 0 Å². The maximum atomic E-state index is 8.71. The predicted octanol–water partition coefficient (Wildman–Crippen LogP) is 2.24. The number of hydrogen-bond donors (Lipinski definition) is 0. The fraction of sp³-hybridized carbons (Fsp3) is 0.444. The van der Waals surface area contributed by atoms with Crippen LogP contribution in [0.2, 0.25) is 0 Å². The molecule has 0 unspecified atom stereocenters. The second kappa shape index (κ2) is 5.55. The summed E-state index contributed by atoms with van der Waals surface area (Å²) in [6, 6.07) is 2.03. The highest BCUT2D eigenvalue weighted by Gasteiger charge is 2.03. The second-order valence-corrected chi connectivity index (χ2v) is 3.61. The molecule has 0 bridgehead atoms. The summed E-state index contributed by atoms with van der Waals surface area (Å²) in [7, 11) is 0. The van der Waals surface area contributed by atoms with Gasteiger partial charge in [0.2, 0.25) is 0 Å². The van der Waals surface area contributed by atoms with Gasteiger partial charge in [0.15, 0.2) is 5.69 Å². The topological polar surface area (TPSA) is 49.6 Å². The van der Waals surface area contributed by atoms with E-state index in [1.54, 1.807) is 24.2 Å². The van der Waals surface area contributed by atoms with Crippen molar-refractivity contribution in [3.8, 4) is 6.07 Å². The molecule has 0 aliphatic rings. The van der Waals surface area contributed by atoms with Crippen LogP contribution in [0.1, 0.15) is 25.5 Å². The molecule has 0 fully saturated rings. The van der Waals surface area contributed by atoms with Crippen molar-refractivity contribution < 1.29 is 0 Å². The molecule has 0 radical (unpaired) electrons. The van der Waals surface area contributed by atoms with Gasteiger partial charge in [0.25, 0.3) is 0 Å². The highest BCUT2D eigenvalue weighted by atomic mass is 32.2. The Balaban J connectivity index is 2.60. The Morgan fingerprint density at radius 2 is 2.23 bits per heavy atom. The molecule has 0 aliphatic carbocycles. The standard InChI is InChI=1S/C9H11N3S/c1-2-3-6-13-9-8(7-10)11-4-5-12-9/h4-5H,2-3,6H2,1H3. The fourth-order valence-electron chi connectivity index (χ4n) is 0.821. The van der Waals surface area contributed by atoms with Gasteiger partial charge in [0.05, 0.1) is 0 Å². The van der Waals surface area contributed by atoms with Gasteiger partial charge in [-0.05, 0) is 12.2 Å². The van der Waals surface area contributed by atoms with Gasteiger partial charge in [0.1, 0.15) is 11.1 Å². The van der Waals surface area contributed by atoms with E-state index in [0.29, 0.717) is 5.69 Å². The van der Waals surface area contributed by atoms with Crippen molar-refractivity contribution in [2.75, 3.05) is 5.75 Å². The fourth-order valence-corrected chi connectivity index (χ4v) is 1.82. The Hall–Kier alpha value is -1.08. The van der Waals surface area contributed by atoms with Gasteiger partial charge in [-0.1, -0.05) is 13.3 Å². The summed E-state index contributed by atoms with van der Waals surface area (Å²) >= 11 is 1.60. The van der Waals surface area contributed by atoms with Crippen LogP contribution in [0, 0.1) is 11.3 Å². The van der Waals surface area contributed by atoms with Crippen LogP contribution in [-0.4, -0.2) is 15.7 Å². The highest BCUT2D eigenvalue weighted by molar-refractivity contribution is 7.99. The lowest BCUT2D eigenvalue weighted by Crippen LogP contribution is -1.90. The zero-order chi connectivity index (χ0) is 9.52. The van der Waals surface area contributed by atoms with Crippen molar-refractivity contribution >= 4 is 11.8 Å². The third-order valence-electron chi connectivity index (χ3n) is 1.51. The minimum atomic E-state index is 0.434. The van der Waals surface area contributed by atoms with E-state index in [1.807, 2.05) is 6.07 Å². The molecule has 1 aromatic heterocycles. The van der Waals surface area contributed by atoms with Crippen LogP contribution in [0.15, 0.2) is 17.4 Å². The molecule has 1 aromatic rings. The molecule has 0 aromatic carbocycles. The second-order valence-electron chi connectivity index (χ2n) is 2.52. The Morgan fingerprint density at radius 3 is 2.92 bits per heavy atom. The number of aromatic nitrogens is 2. The Morgan fingerprint density at radius 1 is 1.46 bits per heavy atom. The quantitative estimate of drug-likeness (QED) is 0.543. The summed E-state index contributed by atoms with van der Waals surface area (Å²) in [5.74, 6) is 1.00. The lowest BCUT2D eigenvalue weighted by molar-refractivity contribution is 0.893. The largest absolute Gasteiger partial charge is 0.245 e. The van der Waals surface area contributed by atoms with Crippen molar-refractivity contribution in [2.45, 2.75) is 24.8 Å². The first-order valence-electron chi connectivity index (χ1n) is 4.22. The van der Waals surface area contributed by atoms with Crippen molar-refractivity contribution in [1.82, 2.24) is 9.97 Å². The number of unbranched alkanes of at least 4 members (excludes halogenated alkanes) is 1. The van der Waals surface area contributed by atoms with E-state index in [4.69, 9.17) is 5.26 Å². The summed E-state index contributed by atoms with van der Waals surface area (Å²) in [5, 5.41) is 9.46. The van der Waals surface area contributed by atoms with Crippen molar-refractivity contribution in [2.24, 2.45) is 0 Å². The van der Waals surface area contributed by atoms with Gasteiger partial charge in [-0.2, -0.15) is 5.26 Å². The van der Waals surface area contributed by atoms with E-state index in [0.717, 1.165) is 23.6 Å². The average molecular weight is 193 g/mol. The molecule has 0 N–H and O–H groups in total. The SMILES string of the molecule is CCCCSc1nccnc1C#N. The van der Waals surface area contributed by atoms with Crippen LogP contribution in [0.3, 0.4) is 0 Å². The molecule has 3 nitrogen and oxygen atoms in total. The van der Waals surface area contributed by atoms with Crippen LogP contribution < -0.4 is 0 Å². The number of rotatable bonds is 4. The predicted molar refractivity (Wildman–Crippen MR) is 52.4 cm³/mol. The summed E-state index contributed by atoms with van der Waals surface area (Å²) in [4.78, 5) is 8.03. The molecule has 0 saturated carbocycles. The Kier molecular flexibility index (Phi) is 4.27. The molecular formula is C9H11N3S. The number of nitrogens with zero attached hydrogens (tertiary/aromatic N) is 3. The van der Waals surface area contributed by atoms with E-state index >= 15 is 0 Å². The molecular weight excluding hydrogens is 182 g/mol. The summed E-state index contributed by atoms with van der Waals surface area (Å²) < 4.78 is 0. The first-order valence-corrected chi connectivity index (χ1v) is 5.21. The van der Waals surface area contributed by atoms with Crippen LogP contribution in [0.5, 0.6) is 0 Å². The monoisotopic (exact) mass is 193 g/mol. The number of hydrogen-bond acceptors (Lipinski definition) is 4. The van der Waals surface area contributed by atoms with E-state index in [-0.39, 0.29) is 0 Å². The maximum absolute atomic E-state index is 8.71. The Labute approximate surface area is 82.2 Å². The number of thioether (sulfide) groups is 1. The molecule has 13 heavy (non-hydrogen) atoms. The summed E-state index contributed by atoms with van der Waals surface area (Å²) in [6.07, 6.45) is 5.47. The van der Waals surface area contributed by atoms with E-state index in [9.17, 15) is 0 Å². The lowest BCUT2D eigenvalue weighted by atomic mass is 10.4. The van der Waals surface area contributed by atoms with Crippen LogP contribution >= 0.6 is 11.8 Å². The minimum absolute atomic E-state index is 0.434. The van der Waals surface area contributed by atoms with Crippen LogP contribution in [-0.2, 0) is 0 Å². The molecule has 1 heterocycles. The first-order chi connectivity index (χ1) is 6.38. The molecule has 1 rings (SSSR count).